The number of methoxy groups -OCH3 is 1. The third-order valence-electron chi connectivity index (χ3n) is 2.91. The fourth-order valence-electron chi connectivity index (χ4n) is 1.81. The van der Waals surface area contributed by atoms with Crippen molar-refractivity contribution in [3.8, 4) is 5.88 Å². The summed E-state index contributed by atoms with van der Waals surface area (Å²) in [5, 5.41) is 3.65. The summed E-state index contributed by atoms with van der Waals surface area (Å²) in [6.45, 7) is 0.913. The SMILES string of the molecule is COCCOc1ccc(NC(=O)Cc2ccc(Cl)c(Cl)c2)cn1. The number of aromatic nitrogens is 1. The lowest BCUT2D eigenvalue weighted by Crippen LogP contribution is -2.14. The summed E-state index contributed by atoms with van der Waals surface area (Å²) in [5.74, 6) is 0.308. The van der Waals surface area contributed by atoms with Gasteiger partial charge in [0.25, 0.3) is 0 Å². The molecule has 1 N–H and O–H groups in total. The first-order valence-electron chi connectivity index (χ1n) is 6.90. The second-order valence-corrected chi connectivity index (χ2v) is 5.51. The van der Waals surface area contributed by atoms with Gasteiger partial charge in [-0.05, 0) is 23.8 Å². The molecule has 0 fully saturated rings. The summed E-state index contributed by atoms with van der Waals surface area (Å²) in [7, 11) is 1.60. The number of hydrogen-bond acceptors (Lipinski definition) is 4. The van der Waals surface area contributed by atoms with Crippen LogP contribution in [0.3, 0.4) is 0 Å². The third kappa shape index (κ3) is 5.71. The second-order valence-electron chi connectivity index (χ2n) is 4.70. The van der Waals surface area contributed by atoms with Crippen LogP contribution in [0.2, 0.25) is 10.0 Å². The Balaban J connectivity index is 1.88. The van der Waals surface area contributed by atoms with Crippen LogP contribution in [0.5, 0.6) is 5.88 Å². The van der Waals surface area contributed by atoms with Gasteiger partial charge in [-0.3, -0.25) is 4.79 Å². The maximum Gasteiger partial charge on any atom is 0.228 e. The normalized spacial score (nSPS) is 10.4. The largest absolute Gasteiger partial charge is 0.475 e. The van der Waals surface area contributed by atoms with Crippen molar-refractivity contribution >= 4 is 34.8 Å². The number of nitrogens with one attached hydrogen (secondary N) is 1. The number of ether oxygens (including phenoxy) is 2. The zero-order valence-electron chi connectivity index (χ0n) is 12.5. The van der Waals surface area contributed by atoms with Crippen LogP contribution < -0.4 is 10.1 Å². The number of nitrogens with zero attached hydrogens (tertiary/aromatic N) is 1. The van der Waals surface area contributed by atoms with Crippen LogP contribution in [0.25, 0.3) is 0 Å². The molecule has 0 saturated carbocycles. The number of hydrogen-bond donors (Lipinski definition) is 1. The lowest BCUT2D eigenvalue weighted by Gasteiger charge is -2.08. The summed E-state index contributed by atoms with van der Waals surface area (Å²) < 4.78 is 10.2. The molecule has 0 atom stereocenters. The molecular formula is C16H16Cl2N2O3. The molecule has 2 rings (SSSR count). The smallest absolute Gasteiger partial charge is 0.228 e. The van der Waals surface area contributed by atoms with Gasteiger partial charge in [0.05, 0.1) is 35.0 Å². The maximum atomic E-state index is 12.0. The van der Waals surface area contributed by atoms with Crippen molar-refractivity contribution < 1.29 is 14.3 Å². The summed E-state index contributed by atoms with van der Waals surface area (Å²) in [6.07, 6.45) is 1.73. The highest BCUT2D eigenvalue weighted by Crippen LogP contribution is 2.23. The summed E-state index contributed by atoms with van der Waals surface area (Å²) in [4.78, 5) is 16.1. The Morgan fingerprint density at radius 1 is 1.17 bits per heavy atom. The Hall–Kier alpha value is -1.82. The van der Waals surface area contributed by atoms with Gasteiger partial charge in [-0.15, -0.1) is 0 Å². The van der Waals surface area contributed by atoms with E-state index in [1.165, 1.54) is 6.20 Å². The predicted molar refractivity (Wildman–Crippen MR) is 90.4 cm³/mol. The van der Waals surface area contributed by atoms with Crippen LogP contribution in [-0.2, 0) is 16.0 Å². The molecule has 1 aromatic heterocycles. The van der Waals surface area contributed by atoms with Gasteiger partial charge < -0.3 is 14.8 Å². The number of carbonyl (C=O) groups excluding carboxylic acids is 1. The predicted octanol–water partition coefficient (Wildman–Crippen LogP) is 3.59. The van der Waals surface area contributed by atoms with E-state index in [0.29, 0.717) is 34.8 Å². The van der Waals surface area contributed by atoms with Gasteiger partial charge in [0.1, 0.15) is 6.61 Å². The molecule has 0 radical (unpaired) electrons. The van der Waals surface area contributed by atoms with E-state index in [9.17, 15) is 4.79 Å². The number of benzene rings is 1. The minimum atomic E-state index is -0.168. The Morgan fingerprint density at radius 3 is 2.65 bits per heavy atom. The van der Waals surface area contributed by atoms with E-state index in [4.69, 9.17) is 32.7 Å². The molecule has 0 bridgehead atoms. The number of halogens is 2. The first-order valence-corrected chi connectivity index (χ1v) is 7.65. The first-order chi connectivity index (χ1) is 11.1. The highest BCUT2D eigenvalue weighted by Gasteiger charge is 2.07. The van der Waals surface area contributed by atoms with Gasteiger partial charge in [0, 0.05) is 13.2 Å². The van der Waals surface area contributed by atoms with Crippen molar-refractivity contribution in [1.29, 1.82) is 0 Å². The van der Waals surface area contributed by atoms with Crippen LogP contribution in [-0.4, -0.2) is 31.2 Å². The molecule has 7 heteroatoms. The van der Waals surface area contributed by atoms with Crippen molar-refractivity contribution in [1.82, 2.24) is 4.98 Å². The molecule has 0 unspecified atom stereocenters. The standard InChI is InChI=1S/C16H16Cl2N2O3/c1-22-6-7-23-16-5-3-12(10-19-16)20-15(21)9-11-2-4-13(17)14(18)8-11/h2-5,8,10H,6-7,9H2,1H3,(H,20,21). The summed E-state index contributed by atoms with van der Waals surface area (Å²) in [6, 6.07) is 8.51. The molecule has 0 spiro atoms. The van der Waals surface area contributed by atoms with E-state index < -0.39 is 0 Å². The Bertz CT molecular complexity index is 663. The number of carbonyl (C=O) groups is 1. The van der Waals surface area contributed by atoms with Crippen molar-refractivity contribution in [2.45, 2.75) is 6.42 Å². The molecule has 1 heterocycles. The van der Waals surface area contributed by atoms with E-state index in [0.717, 1.165) is 5.56 Å². The van der Waals surface area contributed by atoms with E-state index >= 15 is 0 Å². The van der Waals surface area contributed by atoms with Crippen LogP contribution in [0.1, 0.15) is 5.56 Å². The highest BCUT2D eigenvalue weighted by molar-refractivity contribution is 6.42. The minimum Gasteiger partial charge on any atom is -0.475 e. The number of anilines is 1. The Kier molecular flexibility index (Phi) is 6.65. The quantitative estimate of drug-likeness (QED) is 0.771. The Morgan fingerprint density at radius 2 is 2.00 bits per heavy atom. The van der Waals surface area contributed by atoms with Crippen LogP contribution in [0.15, 0.2) is 36.5 Å². The molecular weight excluding hydrogens is 339 g/mol. The number of rotatable bonds is 7. The van der Waals surface area contributed by atoms with Crippen molar-refractivity contribution in [3.05, 3.63) is 52.1 Å². The fourth-order valence-corrected chi connectivity index (χ4v) is 2.13. The van der Waals surface area contributed by atoms with Gasteiger partial charge in [-0.25, -0.2) is 4.98 Å². The molecule has 122 valence electrons. The monoisotopic (exact) mass is 354 g/mol. The zero-order chi connectivity index (χ0) is 16.7. The van der Waals surface area contributed by atoms with Crippen molar-refractivity contribution in [3.63, 3.8) is 0 Å². The topological polar surface area (TPSA) is 60.5 Å². The van der Waals surface area contributed by atoms with Crippen LogP contribution in [0.4, 0.5) is 5.69 Å². The highest BCUT2D eigenvalue weighted by atomic mass is 35.5. The average Bonchev–Trinajstić information content (AvgIpc) is 2.53. The lowest BCUT2D eigenvalue weighted by atomic mass is 10.1. The maximum absolute atomic E-state index is 12.0. The van der Waals surface area contributed by atoms with Gasteiger partial charge in [0.2, 0.25) is 11.8 Å². The van der Waals surface area contributed by atoms with E-state index in [1.54, 1.807) is 37.4 Å². The van der Waals surface area contributed by atoms with Crippen molar-refractivity contribution in [2.75, 3.05) is 25.6 Å². The molecule has 2 aromatic rings. The zero-order valence-corrected chi connectivity index (χ0v) is 14.0. The number of pyridine rings is 1. The molecule has 0 aliphatic heterocycles. The van der Waals surface area contributed by atoms with Gasteiger partial charge in [-0.1, -0.05) is 29.3 Å². The first kappa shape index (κ1) is 17.5. The molecule has 0 saturated heterocycles. The summed E-state index contributed by atoms with van der Waals surface area (Å²) in [5.41, 5.74) is 1.37. The van der Waals surface area contributed by atoms with Crippen molar-refractivity contribution in [2.24, 2.45) is 0 Å². The molecule has 23 heavy (non-hydrogen) atoms. The van der Waals surface area contributed by atoms with Gasteiger partial charge in [-0.2, -0.15) is 0 Å². The van der Waals surface area contributed by atoms with Crippen LogP contribution in [0, 0.1) is 0 Å². The second kappa shape index (κ2) is 8.72. The molecule has 1 amide bonds. The minimum absolute atomic E-state index is 0.168. The fraction of sp³-hybridized carbons (Fsp3) is 0.250. The third-order valence-corrected chi connectivity index (χ3v) is 3.65. The van der Waals surface area contributed by atoms with E-state index in [2.05, 4.69) is 10.3 Å². The van der Waals surface area contributed by atoms with Gasteiger partial charge in [0.15, 0.2) is 0 Å². The lowest BCUT2D eigenvalue weighted by molar-refractivity contribution is -0.115. The molecule has 5 nitrogen and oxygen atoms in total. The Labute approximate surface area is 144 Å². The number of amides is 1. The van der Waals surface area contributed by atoms with E-state index in [1.807, 2.05) is 0 Å². The molecule has 0 aliphatic carbocycles. The molecule has 1 aromatic carbocycles. The average molecular weight is 355 g/mol. The van der Waals surface area contributed by atoms with E-state index in [-0.39, 0.29) is 12.3 Å². The summed E-state index contributed by atoms with van der Waals surface area (Å²) >= 11 is 11.8. The van der Waals surface area contributed by atoms with Gasteiger partial charge >= 0.3 is 0 Å². The molecule has 0 aliphatic rings. The van der Waals surface area contributed by atoms with Crippen LogP contribution >= 0.6 is 23.2 Å².